The first kappa shape index (κ1) is 16.0. The molecule has 1 heterocycles. The zero-order chi connectivity index (χ0) is 16.6. The van der Waals surface area contributed by atoms with E-state index in [9.17, 15) is 9.59 Å². The maximum Gasteiger partial charge on any atom is 0.254 e. The third-order valence-corrected chi connectivity index (χ3v) is 5.15. The zero-order valence-corrected chi connectivity index (χ0v) is 14.2. The molecule has 23 heavy (non-hydrogen) atoms. The molecule has 1 saturated heterocycles. The molecular weight excluding hydrogens is 288 g/mol. The second-order valence-electron chi connectivity index (χ2n) is 7.34. The van der Waals surface area contributed by atoms with Crippen LogP contribution in [0.4, 0.5) is 5.69 Å². The second kappa shape index (κ2) is 6.34. The van der Waals surface area contributed by atoms with Crippen LogP contribution < -0.4 is 5.32 Å². The lowest BCUT2D eigenvalue weighted by Crippen LogP contribution is -2.38. The zero-order valence-electron chi connectivity index (χ0n) is 14.2. The van der Waals surface area contributed by atoms with Crippen molar-refractivity contribution < 1.29 is 9.59 Å². The number of nitrogens with one attached hydrogen (secondary N) is 1. The molecule has 0 radical (unpaired) electrons. The van der Waals surface area contributed by atoms with Gasteiger partial charge >= 0.3 is 0 Å². The van der Waals surface area contributed by atoms with Crippen molar-refractivity contribution >= 4 is 17.5 Å². The fourth-order valence-corrected chi connectivity index (χ4v) is 3.56. The number of carbonyl (C=O) groups is 2. The summed E-state index contributed by atoms with van der Waals surface area (Å²) in [5.74, 6) is 1.25. The molecule has 1 aromatic rings. The monoisotopic (exact) mass is 314 g/mol. The highest BCUT2D eigenvalue weighted by atomic mass is 16.2. The lowest BCUT2D eigenvalue weighted by atomic mass is 10.0. The summed E-state index contributed by atoms with van der Waals surface area (Å²) in [6.07, 6.45) is 3.12. The smallest absolute Gasteiger partial charge is 0.254 e. The SMILES string of the molecule is CC(C)[C@@H]1CCCN1C(=O)c1cccc(NC(=O)[C@@H]2C[C@H]2C)c1. The number of benzene rings is 1. The second-order valence-corrected chi connectivity index (χ2v) is 7.34. The molecule has 1 aliphatic carbocycles. The highest BCUT2D eigenvalue weighted by Gasteiger charge is 2.39. The quantitative estimate of drug-likeness (QED) is 0.924. The lowest BCUT2D eigenvalue weighted by molar-refractivity contribution is -0.117. The minimum absolute atomic E-state index is 0.0725. The summed E-state index contributed by atoms with van der Waals surface area (Å²) in [6, 6.07) is 7.68. The molecule has 0 aromatic heterocycles. The van der Waals surface area contributed by atoms with Crippen molar-refractivity contribution in [2.45, 2.75) is 46.1 Å². The van der Waals surface area contributed by atoms with Gasteiger partial charge in [-0.25, -0.2) is 0 Å². The number of likely N-dealkylation sites (tertiary alicyclic amines) is 1. The van der Waals surface area contributed by atoms with Crippen LogP contribution in [0.5, 0.6) is 0 Å². The molecule has 124 valence electrons. The molecule has 3 atom stereocenters. The summed E-state index contributed by atoms with van der Waals surface area (Å²) >= 11 is 0. The van der Waals surface area contributed by atoms with E-state index in [1.54, 1.807) is 0 Å². The summed E-state index contributed by atoms with van der Waals surface area (Å²) in [5, 5.41) is 2.94. The number of nitrogens with zero attached hydrogens (tertiary/aromatic N) is 1. The molecule has 0 bridgehead atoms. The molecule has 2 fully saturated rings. The largest absolute Gasteiger partial charge is 0.335 e. The molecule has 0 unspecified atom stereocenters. The van der Waals surface area contributed by atoms with Crippen LogP contribution in [0.25, 0.3) is 0 Å². The van der Waals surface area contributed by atoms with Gasteiger partial charge in [0.05, 0.1) is 0 Å². The standard InChI is InChI=1S/C19H26N2O2/c1-12(2)17-8-5-9-21(17)19(23)14-6-4-7-15(11-14)20-18(22)16-10-13(16)3/h4,6-7,11-13,16-17H,5,8-10H2,1-3H3,(H,20,22)/t13-,16-,17+/m1/s1. The van der Waals surface area contributed by atoms with Gasteiger partial charge in [0.25, 0.3) is 5.91 Å². The number of carbonyl (C=O) groups excluding carboxylic acids is 2. The Hall–Kier alpha value is -1.84. The van der Waals surface area contributed by atoms with Gasteiger partial charge in [0.1, 0.15) is 0 Å². The van der Waals surface area contributed by atoms with Gasteiger partial charge in [-0.1, -0.05) is 26.8 Å². The molecule has 4 heteroatoms. The van der Waals surface area contributed by atoms with Crippen LogP contribution in [0.3, 0.4) is 0 Å². The Bertz CT molecular complexity index is 611. The Balaban J connectivity index is 1.71. The van der Waals surface area contributed by atoms with Gasteiger partial charge in [0.2, 0.25) is 5.91 Å². The van der Waals surface area contributed by atoms with Gasteiger partial charge in [-0.05, 0) is 49.3 Å². The first-order valence-corrected chi connectivity index (χ1v) is 8.69. The molecular formula is C19H26N2O2. The van der Waals surface area contributed by atoms with Gasteiger partial charge in [0, 0.05) is 29.8 Å². The molecule has 0 spiro atoms. The number of hydrogen-bond acceptors (Lipinski definition) is 2. The highest BCUT2D eigenvalue weighted by Crippen LogP contribution is 2.38. The summed E-state index contributed by atoms with van der Waals surface area (Å²) in [4.78, 5) is 26.9. The van der Waals surface area contributed by atoms with Gasteiger partial charge in [-0.3, -0.25) is 9.59 Å². The maximum absolute atomic E-state index is 12.8. The minimum atomic E-state index is 0.0725. The van der Waals surface area contributed by atoms with Crippen molar-refractivity contribution in [1.29, 1.82) is 0 Å². The Kier molecular flexibility index (Phi) is 4.42. The molecule has 1 N–H and O–H groups in total. The van der Waals surface area contributed by atoms with E-state index in [-0.39, 0.29) is 17.7 Å². The van der Waals surface area contributed by atoms with Crippen LogP contribution in [0.2, 0.25) is 0 Å². The highest BCUT2D eigenvalue weighted by molar-refractivity contribution is 5.98. The molecule has 4 nitrogen and oxygen atoms in total. The van der Waals surface area contributed by atoms with E-state index < -0.39 is 0 Å². The molecule has 2 amide bonds. The number of amides is 2. The van der Waals surface area contributed by atoms with E-state index in [4.69, 9.17) is 0 Å². The topological polar surface area (TPSA) is 49.4 Å². The minimum Gasteiger partial charge on any atom is -0.335 e. The Morgan fingerprint density at radius 1 is 1.30 bits per heavy atom. The molecule has 1 aliphatic heterocycles. The van der Waals surface area contributed by atoms with Crippen LogP contribution in [-0.4, -0.2) is 29.3 Å². The van der Waals surface area contributed by atoms with Crippen molar-refractivity contribution in [2.75, 3.05) is 11.9 Å². The Labute approximate surface area is 138 Å². The number of rotatable bonds is 4. The fourth-order valence-electron chi connectivity index (χ4n) is 3.56. The first-order valence-electron chi connectivity index (χ1n) is 8.69. The van der Waals surface area contributed by atoms with Crippen LogP contribution in [0, 0.1) is 17.8 Å². The van der Waals surface area contributed by atoms with Crippen LogP contribution in [-0.2, 0) is 4.79 Å². The predicted molar refractivity (Wildman–Crippen MR) is 91.2 cm³/mol. The first-order chi connectivity index (χ1) is 11.0. The van der Waals surface area contributed by atoms with Crippen LogP contribution >= 0.6 is 0 Å². The average Bonchev–Trinajstić information content (AvgIpc) is 3.06. The van der Waals surface area contributed by atoms with Gasteiger partial charge in [-0.15, -0.1) is 0 Å². The van der Waals surface area contributed by atoms with E-state index in [0.717, 1.165) is 31.5 Å². The van der Waals surface area contributed by atoms with E-state index in [1.165, 1.54) is 0 Å². The third kappa shape index (κ3) is 3.41. The molecule has 1 saturated carbocycles. The molecule has 3 rings (SSSR count). The normalized spacial score (nSPS) is 26.4. The van der Waals surface area contributed by atoms with Gasteiger partial charge in [-0.2, -0.15) is 0 Å². The average molecular weight is 314 g/mol. The fraction of sp³-hybridized carbons (Fsp3) is 0.579. The van der Waals surface area contributed by atoms with Gasteiger partial charge in [0.15, 0.2) is 0 Å². The Morgan fingerprint density at radius 2 is 2.04 bits per heavy atom. The van der Waals surface area contributed by atoms with Crippen LogP contribution in [0.1, 0.15) is 50.4 Å². The van der Waals surface area contributed by atoms with Crippen molar-refractivity contribution in [3.63, 3.8) is 0 Å². The van der Waals surface area contributed by atoms with E-state index in [2.05, 4.69) is 26.1 Å². The predicted octanol–water partition coefficient (Wildman–Crippen LogP) is 3.54. The summed E-state index contributed by atoms with van der Waals surface area (Å²) in [7, 11) is 0. The summed E-state index contributed by atoms with van der Waals surface area (Å²) in [5.41, 5.74) is 1.39. The van der Waals surface area contributed by atoms with Crippen molar-refractivity contribution in [1.82, 2.24) is 4.90 Å². The van der Waals surface area contributed by atoms with E-state index >= 15 is 0 Å². The summed E-state index contributed by atoms with van der Waals surface area (Å²) < 4.78 is 0. The summed E-state index contributed by atoms with van der Waals surface area (Å²) in [6.45, 7) is 7.26. The lowest BCUT2D eigenvalue weighted by Gasteiger charge is -2.28. The van der Waals surface area contributed by atoms with Crippen molar-refractivity contribution in [2.24, 2.45) is 17.8 Å². The van der Waals surface area contributed by atoms with Crippen molar-refractivity contribution in [3.05, 3.63) is 29.8 Å². The third-order valence-electron chi connectivity index (χ3n) is 5.15. The van der Waals surface area contributed by atoms with E-state index in [0.29, 0.717) is 23.4 Å². The van der Waals surface area contributed by atoms with Crippen LogP contribution in [0.15, 0.2) is 24.3 Å². The van der Waals surface area contributed by atoms with Crippen molar-refractivity contribution in [3.8, 4) is 0 Å². The number of anilines is 1. The molecule has 1 aromatic carbocycles. The number of hydrogen-bond donors (Lipinski definition) is 1. The molecule has 2 aliphatic rings. The maximum atomic E-state index is 12.8. The Morgan fingerprint density at radius 3 is 2.70 bits per heavy atom. The van der Waals surface area contributed by atoms with E-state index in [1.807, 2.05) is 29.2 Å². The van der Waals surface area contributed by atoms with Gasteiger partial charge < -0.3 is 10.2 Å².